The Morgan fingerprint density at radius 3 is 2.58 bits per heavy atom. The van der Waals surface area contributed by atoms with Crippen LogP contribution in [0.1, 0.15) is 61.5 Å². The van der Waals surface area contributed by atoms with E-state index in [1.54, 1.807) is 7.11 Å². The van der Waals surface area contributed by atoms with Gasteiger partial charge in [-0.25, -0.2) is 0 Å². The number of aryl methyl sites for hydroxylation is 1. The van der Waals surface area contributed by atoms with Gasteiger partial charge in [-0.3, -0.25) is 9.59 Å². The normalized spacial score (nSPS) is 21.8. The monoisotopic (exact) mass is 486 g/mol. The molecule has 1 fully saturated rings. The lowest BCUT2D eigenvalue weighted by Crippen LogP contribution is -2.55. The van der Waals surface area contributed by atoms with Crippen LogP contribution in [0, 0.1) is 18.8 Å². The molecule has 0 bridgehead atoms. The van der Waals surface area contributed by atoms with Gasteiger partial charge < -0.3 is 15.0 Å². The predicted molar refractivity (Wildman–Crippen MR) is 145 cm³/mol. The van der Waals surface area contributed by atoms with Gasteiger partial charge in [0, 0.05) is 18.2 Å². The van der Waals surface area contributed by atoms with E-state index in [0.717, 1.165) is 30.5 Å². The number of carbonyl (C=O) groups excluding carboxylic acids is 2. The number of rotatable bonds is 5. The molecule has 0 spiro atoms. The average molecular weight is 487 g/mol. The molecule has 5 heteroatoms. The molecule has 2 aromatic carbocycles. The Kier molecular flexibility index (Phi) is 7.67. The van der Waals surface area contributed by atoms with E-state index in [0.29, 0.717) is 17.9 Å². The van der Waals surface area contributed by atoms with Gasteiger partial charge in [-0.2, -0.15) is 0 Å². The Morgan fingerprint density at radius 2 is 1.89 bits per heavy atom. The Bertz CT molecular complexity index is 1170. The molecule has 5 nitrogen and oxygen atoms in total. The molecular weight excluding hydrogens is 448 g/mol. The van der Waals surface area contributed by atoms with Crippen LogP contribution >= 0.6 is 0 Å². The van der Waals surface area contributed by atoms with E-state index < -0.39 is 0 Å². The summed E-state index contributed by atoms with van der Waals surface area (Å²) in [4.78, 5) is 29.6. The number of nitrogens with zero attached hydrogens (tertiary/aromatic N) is 1. The summed E-state index contributed by atoms with van der Waals surface area (Å²) in [6.45, 7) is 9.09. The van der Waals surface area contributed by atoms with Crippen molar-refractivity contribution in [2.75, 3.05) is 19.0 Å². The number of hydrogen-bond donors (Lipinski definition) is 1. The topological polar surface area (TPSA) is 58.6 Å². The molecule has 1 unspecified atom stereocenters. The van der Waals surface area contributed by atoms with Gasteiger partial charge in [0.05, 0.1) is 24.6 Å². The van der Waals surface area contributed by atoms with Crippen LogP contribution in [0.15, 0.2) is 66.8 Å². The average Bonchev–Trinajstić information content (AvgIpc) is 2.88. The van der Waals surface area contributed by atoms with Crippen LogP contribution in [0.4, 0.5) is 5.69 Å². The molecule has 2 amide bonds. The maximum Gasteiger partial charge on any atom is 0.257 e. The zero-order chi connectivity index (χ0) is 25.9. The quantitative estimate of drug-likeness (QED) is 0.540. The molecule has 36 heavy (non-hydrogen) atoms. The number of carbonyl (C=O) groups is 2. The number of hydrogen-bond acceptors (Lipinski definition) is 3. The van der Waals surface area contributed by atoms with E-state index in [1.807, 2.05) is 54.3 Å². The van der Waals surface area contributed by atoms with E-state index in [-0.39, 0.29) is 35.1 Å². The number of likely N-dealkylation sites (tertiary alicyclic amines) is 1. The van der Waals surface area contributed by atoms with Gasteiger partial charge in [0.2, 0.25) is 5.91 Å². The molecule has 2 aliphatic rings. The van der Waals surface area contributed by atoms with Crippen LogP contribution in [-0.2, 0) is 10.2 Å². The Balaban J connectivity index is 1.65. The summed E-state index contributed by atoms with van der Waals surface area (Å²) in [7, 11) is 1.59. The molecule has 0 radical (unpaired) electrons. The zero-order valence-corrected chi connectivity index (χ0v) is 22.1. The first-order valence-electron chi connectivity index (χ1n) is 12.9. The van der Waals surface area contributed by atoms with E-state index in [1.165, 1.54) is 5.56 Å². The number of methoxy groups -OCH3 is 1. The third-order valence-corrected chi connectivity index (χ3v) is 7.32. The second-order valence-electron chi connectivity index (χ2n) is 11.0. The summed E-state index contributed by atoms with van der Waals surface area (Å²) >= 11 is 0. The smallest absolute Gasteiger partial charge is 0.257 e. The first-order valence-corrected chi connectivity index (χ1v) is 12.9. The molecule has 1 saturated heterocycles. The van der Waals surface area contributed by atoms with Crippen LogP contribution in [0.3, 0.4) is 0 Å². The van der Waals surface area contributed by atoms with Crippen molar-refractivity contribution in [3.63, 3.8) is 0 Å². The van der Waals surface area contributed by atoms with Crippen molar-refractivity contribution in [2.45, 2.75) is 58.4 Å². The third-order valence-electron chi connectivity index (χ3n) is 7.32. The number of nitrogens with one attached hydrogen (secondary N) is 1. The maximum atomic E-state index is 13.9. The number of piperidine rings is 1. The minimum atomic E-state index is -0.307. The summed E-state index contributed by atoms with van der Waals surface area (Å²) in [5.74, 6) is 0.240. The molecule has 1 aliphatic heterocycles. The molecule has 2 aromatic rings. The number of anilines is 1. The highest BCUT2D eigenvalue weighted by atomic mass is 16.5. The number of benzene rings is 2. The van der Waals surface area contributed by atoms with Crippen molar-refractivity contribution in [1.82, 2.24) is 4.90 Å². The van der Waals surface area contributed by atoms with Crippen molar-refractivity contribution < 1.29 is 14.3 Å². The van der Waals surface area contributed by atoms with Crippen LogP contribution in [0.5, 0.6) is 5.75 Å². The molecule has 3 atom stereocenters. The maximum absolute atomic E-state index is 13.9. The fourth-order valence-corrected chi connectivity index (χ4v) is 5.35. The largest absolute Gasteiger partial charge is 0.496 e. The molecule has 4 rings (SSSR count). The van der Waals surface area contributed by atoms with Gasteiger partial charge in [0.25, 0.3) is 5.91 Å². The molecule has 0 aromatic heterocycles. The van der Waals surface area contributed by atoms with Gasteiger partial charge in [-0.15, -0.1) is 0 Å². The highest BCUT2D eigenvalue weighted by molar-refractivity contribution is 5.99. The van der Waals surface area contributed by atoms with Gasteiger partial charge in [0.1, 0.15) is 5.75 Å². The minimum Gasteiger partial charge on any atom is -0.496 e. The van der Waals surface area contributed by atoms with Gasteiger partial charge in [0.15, 0.2) is 0 Å². The standard InChI is InChI=1S/C31H38N2O3/c1-21-16-17-25(27(19-21)36-5)30(35)33-18-10-15-26(28(33)22-11-7-6-8-12-22)29(34)32-24-14-9-13-23(20-24)31(2,3)4/h6-9,11,13-14,16-17,19-20,22,26,28H,10,12,15,18H2,1-5H3,(H,32,34)/t22?,26-,28-/m0/s1. The third kappa shape index (κ3) is 5.56. The molecule has 1 aliphatic carbocycles. The van der Waals surface area contributed by atoms with E-state index in [2.05, 4.69) is 50.4 Å². The lowest BCUT2D eigenvalue weighted by atomic mass is 9.77. The van der Waals surface area contributed by atoms with Crippen molar-refractivity contribution in [1.29, 1.82) is 0 Å². The fourth-order valence-electron chi connectivity index (χ4n) is 5.35. The Morgan fingerprint density at radius 1 is 1.08 bits per heavy atom. The van der Waals surface area contributed by atoms with Crippen LogP contribution in [0.2, 0.25) is 0 Å². The summed E-state index contributed by atoms with van der Waals surface area (Å²) < 4.78 is 5.56. The van der Waals surface area contributed by atoms with Crippen LogP contribution in [-0.4, -0.2) is 36.4 Å². The fraction of sp³-hybridized carbons (Fsp3) is 0.419. The Hall–Kier alpha value is -3.34. The lowest BCUT2D eigenvalue weighted by Gasteiger charge is -2.44. The second-order valence-corrected chi connectivity index (χ2v) is 11.0. The van der Waals surface area contributed by atoms with Gasteiger partial charge >= 0.3 is 0 Å². The molecule has 1 heterocycles. The molecular formula is C31H38N2O3. The van der Waals surface area contributed by atoms with E-state index >= 15 is 0 Å². The zero-order valence-electron chi connectivity index (χ0n) is 22.1. The summed E-state index contributed by atoms with van der Waals surface area (Å²) in [5, 5.41) is 3.18. The second kappa shape index (κ2) is 10.7. The number of allylic oxidation sites excluding steroid dienone is 3. The molecule has 1 N–H and O–H groups in total. The molecule has 190 valence electrons. The summed E-state index contributed by atoms with van der Waals surface area (Å²) in [6, 6.07) is 13.5. The first kappa shape index (κ1) is 25.7. The summed E-state index contributed by atoms with van der Waals surface area (Å²) in [6.07, 6.45) is 10.7. The van der Waals surface area contributed by atoms with Crippen molar-refractivity contribution in [2.24, 2.45) is 11.8 Å². The van der Waals surface area contributed by atoms with E-state index in [9.17, 15) is 9.59 Å². The van der Waals surface area contributed by atoms with Crippen LogP contribution in [0.25, 0.3) is 0 Å². The van der Waals surface area contributed by atoms with Crippen LogP contribution < -0.4 is 10.1 Å². The first-order chi connectivity index (χ1) is 17.2. The summed E-state index contributed by atoms with van der Waals surface area (Å²) in [5.41, 5.74) is 3.54. The number of ether oxygens (including phenoxy) is 1. The Labute approximate surface area is 215 Å². The van der Waals surface area contributed by atoms with Gasteiger partial charge in [-0.1, -0.05) is 63.3 Å². The van der Waals surface area contributed by atoms with E-state index in [4.69, 9.17) is 4.74 Å². The predicted octanol–water partition coefficient (Wildman–Crippen LogP) is 6.29. The number of amides is 2. The molecule has 0 saturated carbocycles. The van der Waals surface area contributed by atoms with Crippen molar-refractivity contribution in [3.8, 4) is 5.75 Å². The highest BCUT2D eigenvalue weighted by Crippen LogP contribution is 2.36. The SMILES string of the molecule is COc1cc(C)ccc1C(=O)N1CCC[C@H](C(=O)Nc2cccc(C(C)(C)C)c2)[C@@H]1C1C=CC=CC1. The van der Waals surface area contributed by atoms with Gasteiger partial charge in [-0.05, 0) is 67.0 Å². The van der Waals surface area contributed by atoms with Crippen molar-refractivity contribution in [3.05, 3.63) is 83.5 Å². The lowest BCUT2D eigenvalue weighted by molar-refractivity contribution is -0.123. The van der Waals surface area contributed by atoms with Crippen molar-refractivity contribution >= 4 is 17.5 Å². The highest BCUT2D eigenvalue weighted by Gasteiger charge is 2.42. The minimum absolute atomic E-state index is 0.0103.